The second-order valence-corrected chi connectivity index (χ2v) is 2.41. The van der Waals surface area contributed by atoms with Crippen molar-refractivity contribution in [3.63, 3.8) is 0 Å². The van der Waals surface area contributed by atoms with Gasteiger partial charge in [0.2, 0.25) is 0 Å². The van der Waals surface area contributed by atoms with Crippen LogP contribution in [0.3, 0.4) is 0 Å². The van der Waals surface area contributed by atoms with Crippen molar-refractivity contribution in [1.82, 2.24) is 0 Å². The summed E-state index contributed by atoms with van der Waals surface area (Å²) in [6, 6.07) is 2.17. The Bertz CT molecular complexity index is 364. The van der Waals surface area contributed by atoms with Gasteiger partial charge in [0, 0.05) is 0 Å². The minimum absolute atomic E-state index is 0.112. The van der Waals surface area contributed by atoms with Crippen LogP contribution in [0.25, 0.3) is 0 Å². The van der Waals surface area contributed by atoms with Crippen LogP contribution in [0.15, 0.2) is 31.0 Å². The lowest BCUT2D eigenvalue weighted by molar-refractivity contribution is -0.613. The maximum absolute atomic E-state index is 11.0. The summed E-state index contributed by atoms with van der Waals surface area (Å²) in [4.78, 5) is 9.76. The molecule has 0 amide bonds. The molecule has 0 unspecified atom stereocenters. The van der Waals surface area contributed by atoms with Crippen LogP contribution < -0.4 is 9.47 Å². The summed E-state index contributed by atoms with van der Waals surface area (Å²) in [6.07, 6.45) is 2.47. The van der Waals surface area contributed by atoms with Gasteiger partial charge in [0.25, 0.3) is 5.69 Å². The number of pyridine rings is 1. The number of hydrogen-bond acceptors (Lipinski definition) is 4. The third-order valence-electron chi connectivity index (χ3n) is 1.43. The Hall–Kier alpha value is -2.11. The van der Waals surface area contributed by atoms with E-state index in [2.05, 4.69) is 6.58 Å². The molecule has 0 aliphatic heterocycles. The first-order valence-corrected chi connectivity index (χ1v) is 3.76. The summed E-state index contributed by atoms with van der Waals surface area (Å²) in [5.41, 5.74) is -0.184. The topological polar surface area (TPSA) is 79.3 Å². The van der Waals surface area contributed by atoms with E-state index in [4.69, 9.17) is 4.74 Å². The van der Waals surface area contributed by atoms with E-state index in [-0.39, 0.29) is 18.2 Å². The SMILES string of the molecule is C=CCOc1cc([N+](=O)[O-])cc[n+]1[O-]. The van der Waals surface area contributed by atoms with Crippen molar-refractivity contribution >= 4 is 5.69 Å². The number of nitrogens with zero attached hydrogens (tertiary/aromatic N) is 2. The summed E-state index contributed by atoms with van der Waals surface area (Å²) >= 11 is 0. The normalized spacial score (nSPS) is 9.43. The number of aromatic nitrogens is 1. The van der Waals surface area contributed by atoms with Gasteiger partial charge in [-0.15, -0.1) is 4.73 Å². The van der Waals surface area contributed by atoms with Gasteiger partial charge >= 0.3 is 5.88 Å². The molecule has 0 aliphatic rings. The molecule has 0 bridgehead atoms. The van der Waals surface area contributed by atoms with E-state index in [9.17, 15) is 15.3 Å². The van der Waals surface area contributed by atoms with Gasteiger partial charge in [0.15, 0.2) is 6.20 Å². The maximum Gasteiger partial charge on any atom is 0.386 e. The molecule has 6 nitrogen and oxygen atoms in total. The highest BCUT2D eigenvalue weighted by Gasteiger charge is 2.14. The molecular weight excluding hydrogens is 188 g/mol. The highest BCUT2D eigenvalue weighted by atomic mass is 16.6. The number of hydrogen-bond donors (Lipinski definition) is 0. The highest BCUT2D eigenvalue weighted by molar-refractivity contribution is 5.29. The van der Waals surface area contributed by atoms with Gasteiger partial charge in [-0.3, -0.25) is 10.1 Å². The van der Waals surface area contributed by atoms with Gasteiger partial charge in [-0.2, -0.15) is 0 Å². The van der Waals surface area contributed by atoms with Gasteiger partial charge in [-0.05, 0) is 0 Å². The third kappa shape index (κ3) is 2.19. The number of ether oxygens (including phenoxy) is 1. The molecule has 6 heteroatoms. The number of rotatable bonds is 4. The average molecular weight is 196 g/mol. The molecule has 0 saturated heterocycles. The molecule has 14 heavy (non-hydrogen) atoms. The van der Waals surface area contributed by atoms with Gasteiger partial charge in [0.05, 0.1) is 11.0 Å². The monoisotopic (exact) mass is 196 g/mol. The Labute approximate surface area is 79.8 Å². The molecule has 0 aromatic carbocycles. The Balaban J connectivity index is 2.95. The summed E-state index contributed by atoms with van der Waals surface area (Å²) in [7, 11) is 0. The predicted octanol–water partition coefficient (Wildman–Crippen LogP) is 0.793. The lowest BCUT2D eigenvalue weighted by Gasteiger charge is -2.03. The molecule has 1 aromatic rings. The Morgan fingerprint density at radius 1 is 1.71 bits per heavy atom. The quantitative estimate of drug-likeness (QED) is 0.234. The number of nitro groups is 1. The molecule has 1 rings (SSSR count). The van der Waals surface area contributed by atoms with Crippen molar-refractivity contribution < 1.29 is 14.4 Å². The molecule has 0 aliphatic carbocycles. The molecule has 0 saturated carbocycles. The zero-order valence-corrected chi connectivity index (χ0v) is 7.25. The molecular formula is C8H8N2O4. The third-order valence-corrected chi connectivity index (χ3v) is 1.43. The Morgan fingerprint density at radius 2 is 2.43 bits per heavy atom. The minimum atomic E-state index is -0.596. The fraction of sp³-hybridized carbons (Fsp3) is 0.125. The van der Waals surface area contributed by atoms with Crippen molar-refractivity contribution in [2.45, 2.75) is 0 Å². The van der Waals surface area contributed by atoms with Crippen LogP contribution in [0, 0.1) is 15.3 Å². The smallest absolute Gasteiger partial charge is 0.386 e. The molecule has 0 radical (unpaired) electrons. The summed E-state index contributed by atoms with van der Waals surface area (Å²) in [6.45, 7) is 3.52. The lowest BCUT2D eigenvalue weighted by atomic mass is 10.4. The summed E-state index contributed by atoms with van der Waals surface area (Å²) in [5, 5.41) is 21.4. The van der Waals surface area contributed by atoms with Crippen LogP contribution in [0.4, 0.5) is 5.69 Å². The van der Waals surface area contributed by atoms with Crippen LogP contribution in [-0.2, 0) is 0 Å². The van der Waals surface area contributed by atoms with E-state index in [1.807, 2.05) is 0 Å². The summed E-state index contributed by atoms with van der Waals surface area (Å²) < 4.78 is 5.32. The molecule has 0 fully saturated rings. The van der Waals surface area contributed by atoms with Crippen LogP contribution in [0.1, 0.15) is 0 Å². The van der Waals surface area contributed by atoms with Crippen molar-refractivity contribution in [2.24, 2.45) is 0 Å². The molecule has 1 aromatic heterocycles. The van der Waals surface area contributed by atoms with Crippen molar-refractivity contribution in [3.05, 3.63) is 46.3 Å². The van der Waals surface area contributed by atoms with Crippen molar-refractivity contribution in [1.29, 1.82) is 0 Å². The van der Waals surface area contributed by atoms with Crippen molar-refractivity contribution in [2.75, 3.05) is 6.61 Å². The highest BCUT2D eigenvalue weighted by Crippen LogP contribution is 2.14. The van der Waals surface area contributed by atoms with E-state index in [1.54, 1.807) is 0 Å². The molecule has 0 atom stereocenters. The van der Waals surface area contributed by atoms with E-state index in [1.165, 1.54) is 6.08 Å². The zero-order valence-electron chi connectivity index (χ0n) is 7.25. The Morgan fingerprint density at radius 3 is 3.00 bits per heavy atom. The van der Waals surface area contributed by atoms with E-state index < -0.39 is 4.92 Å². The van der Waals surface area contributed by atoms with Gasteiger partial charge < -0.3 is 9.94 Å². The Kier molecular flexibility index (Phi) is 3.01. The zero-order chi connectivity index (χ0) is 10.6. The standard InChI is InChI=1S/C8H8N2O4/c1-2-5-14-8-6-7(10(12)13)3-4-9(8)11/h2-4,6H,1,5H2. The van der Waals surface area contributed by atoms with Gasteiger partial charge in [-0.1, -0.05) is 12.7 Å². The van der Waals surface area contributed by atoms with Crippen LogP contribution in [-0.4, -0.2) is 11.5 Å². The van der Waals surface area contributed by atoms with E-state index >= 15 is 0 Å². The molecule has 0 N–H and O–H groups in total. The first-order chi connectivity index (χ1) is 6.65. The second kappa shape index (κ2) is 4.22. The second-order valence-electron chi connectivity index (χ2n) is 2.41. The lowest BCUT2D eigenvalue weighted by Crippen LogP contribution is -2.28. The molecule has 1 heterocycles. The van der Waals surface area contributed by atoms with Crippen molar-refractivity contribution in [3.8, 4) is 5.88 Å². The minimum Gasteiger partial charge on any atom is -0.616 e. The first-order valence-electron chi connectivity index (χ1n) is 3.76. The van der Waals surface area contributed by atoms with Crippen LogP contribution in [0.5, 0.6) is 5.88 Å². The van der Waals surface area contributed by atoms with Gasteiger partial charge in [-0.25, -0.2) is 0 Å². The average Bonchev–Trinajstić information content (AvgIpc) is 2.16. The first kappa shape index (κ1) is 9.97. The summed E-state index contributed by atoms with van der Waals surface area (Å²) in [5.74, 6) is -0.112. The maximum atomic E-state index is 11.0. The van der Waals surface area contributed by atoms with Crippen LogP contribution >= 0.6 is 0 Å². The molecule has 0 spiro atoms. The van der Waals surface area contributed by atoms with E-state index in [0.29, 0.717) is 4.73 Å². The largest absolute Gasteiger partial charge is 0.616 e. The van der Waals surface area contributed by atoms with Crippen LogP contribution in [0.2, 0.25) is 0 Å². The van der Waals surface area contributed by atoms with E-state index in [0.717, 1.165) is 18.3 Å². The fourth-order valence-corrected chi connectivity index (χ4v) is 0.819. The molecule has 74 valence electrons. The predicted molar refractivity (Wildman–Crippen MR) is 47.7 cm³/mol. The fourth-order valence-electron chi connectivity index (χ4n) is 0.819. The van der Waals surface area contributed by atoms with Gasteiger partial charge in [0.1, 0.15) is 12.7 Å².